The van der Waals surface area contributed by atoms with Gasteiger partial charge >= 0.3 is 0 Å². The summed E-state index contributed by atoms with van der Waals surface area (Å²) in [5.41, 5.74) is 2.59. The molecule has 0 aliphatic carbocycles. The van der Waals surface area contributed by atoms with Crippen molar-refractivity contribution in [3.63, 3.8) is 0 Å². The van der Waals surface area contributed by atoms with Crippen molar-refractivity contribution in [2.24, 2.45) is 0 Å². The van der Waals surface area contributed by atoms with Gasteiger partial charge in [-0.25, -0.2) is 0 Å². The van der Waals surface area contributed by atoms with Crippen LogP contribution in [0.25, 0.3) is 0 Å². The zero-order valence-electron chi connectivity index (χ0n) is 8.34. The van der Waals surface area contributed by atoms with Crippen LogP contribution in [0.5, 0.6) is 0 Å². The molecule has 1 radical (unpaired) electrons. The molecule has 1 heteroatoms. The monoisotopic (exact) mass is 176 g/mol. The Balaban J connectivity index is 2.48. The largest absolute Gasteiger partial charge is 0.385 e. The van der Waals surface area contributed by atoms with E-state index >= 15 is 0 Å². The number of hydrogen-bond acceptors (Lipinski definition) is 1. The molecule has 0 atom stereocenters. The molecule has 0 amide bonds. The second kappa shape index (κ2) is 5.63. The molecule has 0 aromatic heterocycles. The lowest BCUT2D eigenvalue weighted by Crippen LogP contribution is -1.96. The highest BCUT2D eigenvalue weighted by Crippen LogP contribution is 2.11. The van der Waals surface area contributed by atoms with E-state index in [1.165, 1.54) is 24.8 Å². The average Bonchev–Trinajstić information content (AvgIpc) is 2.17. The third kappa shape index (κ3) is 3.49. The van der Waals surface area contributed by atoms with Gasteiger partial charge in [0.15, 0.2) is 0 Å². The van der Waals surface area contributed by atoms with E-state index in [1.807, 2.05) is 0 Å². The quantitative estimate of drug-likeness (QED) is 0.726. The first-order valence-electron chi connectivity index (χ1n) is 4.99. The lowest BCUT2D eigenvalue weighted by atomic mass is 10.1. The smallest absolute Gasteiger partial charge is 0.0340 e. The third-order valence-corrected chi connectivity index (χ3v) is 2.10. The van der Waals surface area contributed by atoms with Crippen molar-refractivity contribution in [3.8, 4) is 0 Å². The van der Waals surface area contributed by atoms with Gasteiger partial charge in [-0.2, -0.15) is 0 Å². The van der Waals surface area contributed by atoms with E-state index in [9.17, 15) is 0 Å². The Bertz CT molecular complexity index is 225. The van der Waals surface area contributed by atoms with Gasteiger partial charge in [-0.05, 0) is 37.5 Å². The van der Waals surface area contributed by atoms with Gasteiger partial charge in [0.25, 0.3) is 0 Å². The summed E-state index contributed by atoms with van der Waals surface area (Å²) in [5, 5.41) is 3.18. The number of unbranched alkanes of at least 4 members (excludes halogenated alkanes) is 1. The number of rotatable bonds is 5. The van der Waals surface area contributed by atoms with Gasteiger partial charge in [0.2, 0.25) is 0 Å². The maximum atomic E-state index is 3.74. The van der Waals surface area contributed by atoms with Crippen LogP contribution in [0.2, 0.25) is 0 Å². The molecule has 1 N–H and O–H groups in total. The summed E-state index contributed by atoms with van der Waals surface area (Å²) in [4.78, 5) is 0. The van der Waals surface area contributed by atoms with Gasteiger partial charge in [0.05, 0.1) is 0 Å². The SMILES string of the molecule is [CH2]CNc1ccc(CCCC)cc1. The van der Waals surface area contributed by atoms with Crippen LogP contribution in [0.4, 0.5) is 5.69 Å². The minimum Gasteiger partial charge on any atom is -0.385 e. The second-order valence-electron chi connectivity index (χ2n) is 3.23. The first kappa shape index (κ1) is 10.1. The van der Waals surface area contributed by atoms with Crippen molar-refractivity contribution >= 4 is 5.69 Å². The molecule has 0 spiro atoms. The molecule has 0 saturated carbocycles. The van der Waals surface area contributed by atoms with Crippen LogP contribution < -0.4 is 5.32 Å². The fourth-order valence-electron chi connectivity index (χ4n) is 1.31. The van der Waals surface area contributed by atoms with Crippen molar-refractivity contribution in [1.82, 2.24) is 0 Å². The Morgan fingerprint density at radius 3 is 2.46 bits per heavy atom. The summed E-state index contributed by atoms with van der Waals surface area (Å²) in [7, 11) is 0. The Kier molecular flexibility index (Phi) is 4.37. The first-order chi connectivity index (χ1) is 6.36. The van der Waals surface area contributed by atoms with Gasteiger partial charge in [-0.1, -0.05) is 25.5 Å². The Morgan fingerprint density at radius 2 is 1.92 bits per heavy atom. The summed E-state index contributed by atoms with van der Waals surface area (Å²) >= 11 is 0. The van der Waals surface area contributed by atoms with E-state index in [-0.39, 0.29) is 0 Å². The minimum atomic E-state index is 0.744. The van der Waals surface area contributed by atoms with E-state index in [0.29, 0.717) is 0 Å². The normalized spacial score (nSPS) is 10.0. The van der Waals surface area contributed by atoms with Crippen LogP contribution in [0.15, 0.2) is 24.3 Å². The molecule has 1 nitrogen and oxygen atoms in total. The van der Waals surface area contributed by atoms with Crippen LogP contribution in [0.1, 0.15) is 25.3 Å². The van der Waals surface area contributed by atoms with Crippen LogP contribution >= 0.6 is 0 Å². The molecule has 0 bridgehead atoms. The average molecular weight is 176 g/mol. The fraction of sp³-hybridized carbons (Fsp3) is 0.417. The summed E-state index contributed by atoms with van der Waals surface area (Å²) in [5.74, 6) is 0. The van der Waals surface area contributed by atoms with Crippen molar-refractivity contribution in [2.45, 2.75) is 26.2 Å². The van der Waals surface area contributed by atoms with Gasteiger partial charge in [0, 0.05) is 12.2 Å². The fourth-order valence-corrected chi connectivity index (χ4v) is 1.31. The van der Waals surface area contributed by atoms with Crippen molar-refractivity contribution in [2.75, 3.05) is 11.9 Å². The molecule has 1 aromatic rings. The van der Waals surface area contributed by atoms with Crippen LogP contribution in [-0.2, 0) is 6.42 Å². The number of benzene rings is 1. The van der Waals surface area contributed by atoms with Gasteiger partial charge < -0.3 is 5.32 Å². The van der Waals surface area contributed by atoms with E-state index < -0.39 is 0 Å². The molecule has 0 aliphatic rings. The predicted octanol–water partition coefficient (Wildman–Crippen LogP) is 3.28. The topological polar surface area (TPSA) is 12.0 Å². The summed E-state index contributed by atoms with van der Waals surface area (Å²) in [6.07, 6.45) is 3.74. The molecule has 0 unspecified atom stereocenters. The Labute approximate surface area is 81.2 Å². The summed E-state index contributed by atoms with van der Waals surface area (Å²) in [6.45, 7) is 6.71. The molecule has 1 rings (SSSR count). The third-order valence-electron chi connectivity index (χ3n) is 2.10. The van der Waals surface area contributed by atoms with E-state index in [4.69, 9.17) is 0 Å². The molecule has 13 heavy (non-hydrogen) atoms. The lowest BCUT2D eigenvalue weighted by Gasteiger charge is -2.04. The van der Waals surface area contributed by atoms with Crippen molar-refractivity contribution in [3.05, 3.63) is 36.8 Å². The molecule has 0 aliphatic heterocycles. The van der Waals surface area contributed by atoms with Crippen molar-refractivity contribution in [1.29, 1.82) is 0 Å². The highest BCUT2D eigenvalue weighted by molar-refractivity contribution is 5.44. The van der Waals surface area contributed by atoms with Gasteiger partial charge in [-0.15, -0.1) is 0 Å². The first-order valence-corrected chi connectivity index (χ1v) is 4.99. The van der Waals surface area contributed by atoms with Crippen LogP contribution in [-0.4, -0.2) is 6.54 Å². The molecule has 0 saturated heterocycles. The molecular formula is C12H18N. The van der Waals surface area contributed by atoms with Crippen LogP contribution in [0.3, 0.4) is 0 Å². The molecular weight excluding hydrogens is 158 g/mol. The highest BCUT2D eigenvalue weighted by atomic mass is 14.8. The van der Waals surface area contributed by atoms with E-state index in [0.717, 1.165) is 12.2 Å². The highest BCUT2D eigenvalue weighted by Gasteiger charge is 1.92. The standard InChI is InChI=1S/C12H18N/c1-3-5-6-11-7-9-12(10-8-11)13-4-2/h7-10,13H,2-6H2,1H3. The predicted molar refractivity (Wildman–Crippen MR) is 58.9 cm³/mol. The molecule has 0 fully saturated rings. The number of aryl methyl sites for hydroxylation is 1. The summed E-state index contributed by atoms with van der Waals surface area (Å²) in [6, 6.07) is 8.62. The number of anilines is 1. The molecule has 0 heterocycles. The summed E-state index contributed by atoms with van der Waals surface area (Å²) < 4.78 is 0. The molecule has 71 valence electrons. The maximum absolute atomic E-state index is 3.74. The van der Waals surface area contributed by atoms with Gasteiger partial charge in [-0.3, -0.25) is 0 Å². The zero-order chi connectivity index (χ0) is 9.52. The van der Waals surface area contributed by atoms with Gasteiger partial charge in [0.1, 0.15) is 0 Å². The van der Waals surface area contributed by atoms with E-state index in [1.54, 1.807) is 0 Å². The van der Waals surface area contributed by atoms with Crippen molar-refractivity contribution < 1.29 is 0 Å². The Morgan fingerprint density at radius 1 is 1.23 bits per heavy atom. The Hall–Kier alpha value is -0.980. The number of hydrogen-bond donors (Lipinski definition) is 1. The molecule has 1 aromatic carbocycles. The lowest BCUT2D eigenvalue weighted by molar-refractivity contribution is 0.795. The maximum Gasteiger partial charge on any atom is 0.0340 e. The second-order valence-corrected chi connectivity index (χ2v) is 3.23. The van der Waals surface area contributed by atoms with Crippen LogP contribution in [0, 0.1) is 6.92 Å². The van der Waals surface area contributed by atoms with E-state index in [2.05, 4.69) is 43.4 Å². The zero-order valence-corrected chi connectivity index (χ0v) is 8.34. The minimum absolute atomic E-state index is 0.744. The number of nitrogens with one attached hydrogen (secondary N) is 1.